The molecular weight excluding hydrogens is 709 g/mol. The van der Waals surface area contributed by atoms with Crippen molar-refractivity contribution in [2.45, 2.75) is 0 Å². The van der Waals surface area contributed by atoms with E-state index in [2.05, 4.69) is 0 Å². The van der Waals surface area contributed by atoms with Gasteiger partial charge in [0.05, 0.1) is 51.2 Å². The fourth-order valence-electron chi connectivity index (χ4n) is 7.09. The summed E-state index contributed by atoms with van der Waals surface area (Å²) in [7, 11) is 5.07. The minimum Gasteiger partial charge on any atom is -0.465 e. The van der Waals surface area contributed by atoms with Crippen LogP contribution < -0.4 is 0 Å². The molecule has 0 fully saturated rings. The van der Waals surface area contributed by atoms with E-state index in [1.165, 1.54) is 28.4 Å². The molecule has 0 N–H and O–H groups in total. The first kappa shape index (κ1) is 36.9. The smallest absolute Gasteiger partial charge is 0.340 e. The van der Waals surface area contributed by atoms with Crippen LogP contribution in [-0.2, 0) is 18.9 Å². The molecule has 0 spiro atoms. The van der Waals surface area contributed by atoms with Crippen molar-refractivity contribution in [2.24, 2.45) is 0 Å². The van der Waals surface area contributed by atoms with Crippen LogP contribution in [0.2, 0.25) is 0 Å². The van der Waals surface area contributed by atoms with Gasteiger partial charge < -0.3 is 28.1 Å². The molecule has 56 heavy (non-hydrogen) atoms. The average Bonchev–Trinajstić information content (AvgIpc) is 3.82. The summed E-state index contributed by atoms with van der Waals surface area (Å²) in [6.07, 6.45) is 0. The maximum absolute atomic E-state index is 13.7. The van der Waals surface area contributed by atoms with Gasteiger partial charge >= 0.3 is 23.9 Å². The summed E-state index contributed by atoms with van der Waals surface area (Å²) in [5.41, 5.74) is 5.62. The number of hydrogen-bond acceptors (Lipinski definition) is 8. The summed E-state index contributed by atoms with van der Waals surface area (Å²) < 4.78 is 24.9. The van der Waals surface area contributed by atoms with Crippen LogP contribution in [0.3, 0.4) is 0 Å². The van der Waals surface area contributed by atoms with E-state index >= 15 is 0 Å². The Bertz CT molecular complexity index is 2220. The second kappa shape index (κ2) is 15.9. The minimum atomic E-state index is -0.713. The maximum atomic E-state index is 13.7. The van der Waals surface area contributed by atoms with Gasteiger partial charge in [0.1, 0.15) is 22.3 Å². The van der Waals surface area contributed by atoms with Gasteiger partial charge in [0.2, 0.25) is 0 Å². The van der Waals surface area contributed by atoms with Crippen molar-refractivity contribution in [3.05, 3.63) is 168 Å². The first-order valence-electron chi connectivity index (χ1n) is 17.6. The number of nitrogens with zero attached hydrogens (tertiary/aromatic N) is 2. The fraction of sp³-hybridized carbons (Fsp3) is 0.0870. The second-order valence-corrected chi connectivity index (χ2v) is 12.5. The lowest BCUT2D eigenvalue weighted by Gasteiger charge is -2.18. The Morgan fingerprint density at radius 3 is 0.696 bits per heavy atom. The van der Waals surface area contributed by atoms with E-state index in [-0.39, 0.29) is 22.3 Å². The van der Waals surface area contributed by atoms with E-state index in [9.17, 15) is 19.2 Å². The largest absolute Gasteiger partial charge is 0.465 e. The lowest BCUT2D eigenvalue weighted by atomic mass is 10.0. The summed E-state index contributed by atoms with van der Waals surface area (Å²) in [5, 5.41) is 0. The van der Waals surface area contributed by atoms with Gasteiger partial charge in [0.25, 0.3) is 0 Å². The summed E-state index contributed by atoms with van der Waals surface area (Å²) in [6.45, 7) is 0. The van der Waals surface area contributed by atoms with Crippen molar-refractivity contribution in [1.29, 1.82) is 0 Å². The molecule has 0 atom stereocenters. The van der Waals surface area contributed by atoms with Crippen molar-refractivity contribution < 1.29 is 38.1 Å². The number of aromatic nitrogens is 2. The van der Waals surface area contributed by atoms with Crippen molar-refractivity contribution in [3.8, 4) is 56.4 Å². The molecule has 7 aromatic rings. The number of esters is 4. The summed E-state index contributed by atoms with van der Waals surface area (Å²) in [6, 6.07) is 44.4. The van der Waals surface area contributed by atoms with Crippen molar-refractivity contribution in [2.75, 3.05) is 28.4 Å². The van der Waals surface area contributed by atoms with Crippen molar-refractivity contribution in [1.82, 2.24) is 9.13 Å². The molecule has 5 aromatic carbocycles. The van der Waals surface area contributed by atoms with E-state index in [0.717, 1.165) is 0 Å². The molecule has 0 aliphatic rings. The molecule has 0 aliphatic heterocycles. The lowest BCUT2D eigenvalue weighted by Crippen LogP contribution is -2.11. The normalized spacial score (nSPS) is 10.8. The highest BCUT2D eigenvalue weighted by atomic mass is 16.5. The van der Waals surface area contributed by atoms with Crippen molar-refractivity contribution >= 4 is 23.9 Å². The molecule has 0 saturated carbocycles. The van der Waals surface area contributed by atoms with E-state index < -0.39 is 23.9 Å². The molecule has 2 aromatic heterocycles. The Hall–Kier alpha value is -7.46. The Balaban J connectivity index is 1.59. The zero-order chi connectivity index (χ0) is 39.3. The van der Waals surface area contributed by atoms with Crippen LogP contribution in [0.5, 0.6) is 0 Å². The Morgan fingerprint density at radius 2 is 0.518 bits per heavy atom. The highest BCUT2D eigenvalue weighted by molar-refractivity contribution is 6.14. The second-order valence-electron chi connectivity index (χ2n) is 12.5. The van der Waals surface area contributed by atoms with Crippen LogP contribution in [0, 0.1) is 0 Å². The Kier molecular flexibility index (Phi) is 10.5. The fourth-order valence-corrected chi connectivity index (χ4v) is 7.09. The van der Waals surface area contributed by atoms with Gasteiger partial charge in [-0.2, -0.15) is 0 Å². The molecule has 0 radical (unpaired) electrons. The quantitative estimate of drug-likeness (QED) is 0.101. The summed E-state index contributed by atoms with van der Waals surface area (Å²) >= 11 is 0. The molecule has 2 heterocycles. The van der Waals surface area contributed by atoms with Gasteiger partial charge in [-0.25, -0.2) is 19.2 Å². The number of hydrogen-bond donors (Lipinski definition) is 0. The van der Waals surface area contributed by atoms with Crippen LogP contribution in [0.15, 0.2) is 146 Å². The summed E-state index contributed by atoms with van der Waals surface area (Å²) in [4.78, 5) is 54.9. The topological polar surface area (TPSA) is 115 Å². The molecule has 10 nitrogen and oxygen atoms in total. The van der Waals surface area contributed by atoms with E-state index in [0.29, 0.717) is 56.4 Å². The standard InChI is InChI=1S/C46H36N2O8/c1-53-43(49)35-36(44(50)54-2)40(30-19-11-6-12-20-30)47(39(35)29-17-9-5-10-18-29)33-25-27-34(28-26-33)48-41(31-21-13-7-14-22-31)37(45(51)55-3)38(46(52)56-4)42(48)32-23-15-8-16-24-32/h5-28H,1-4H3. The third kappa shape index (κ3) is 6.43. The molecule has 0 unspecified atom stereocenters. The number of ether oxygens (including phenoxy) is 4. The number of carbonyl (C=O) groups is 4. The molecule has 0 bridgehead atoms. The highest BCUT2D eigenvalue weighted by Gasteiger charge is 2.36. The Labute approximate surface area is 323 Å². The predicted octanol–water partition coefficient (Wildman–Crippen LogP) is 9.08. The predicted molar refractivity (Wildman–Crippen MR) is 212 cm³/mol. The average molecular weight is 745 g/mol. The zero-order valence-corrected chi connectivity index (χ0v) is 31.0. The Morgan fingerprint density at radius 1 is 0.321 bits per heavy atom. The minimum absolute atomic E-state index is 0.0436. The number of rotatable bonds is 10. The number of carbonyl (C=O) groups excluding carboxylic acids is 4. The van der Waals surface area contributed by atoms with Crippen LogP contribution in [0.1, 0.15) is 41.4 Å². The monoisotopic (exact) mass is 744 g/mol. The van der Waals surface area contributed by atoms with E-state index in [1.807, 2.05) is 155 Å². The first-order valence-corrected chi connectivity index (χ1v) is 17.6. The highest BCUT2D eigenvalue weighted by Crippen LogP contribution is 2.43. The molecule has 10 heteroatoms. The van der Waals surface area contributed by atoms with Gasteiger partial charge in [0, 0.05) is 11.4 Å². The van der Waals surface area contributed by atoms with E-state index in [1.54, 1.807) is 0 Å². The third-order valence-corrected chi connectivity index (χ3v) is 9.45. The molecule has 278 valence electrons. The maximum Gasteiger partial charge on any atom is 0.340 e. The van der Waals surface area contributed by atoms with Crippen molar-refractivity contribution in [3.63, 3.8) is 0 Å². The van der Waals surface area contributed by atoms with Crippen LogP contribution in [-0.4, -0.2) is 61.5 Å². The first-order chi connectivity index (χ1) is 27.3. The zero-order valence-electron chi connectivity index (χ0n) is 31.0. The molecule has 0 saturated heterocycles. The van der Waals surface area contributed by atoms with Crippen LogP contribution in [0.25, 0.3) is 56.4 Å². The van der Waals surface area contributed by atoms with Crippen LogP contribution >= 0.6 is 0 Å². The molecular formula is C46H36N2O8. The number of methoxy groups -OCH3 is 4. The van der Waals surface area contributed by atoms with Gasteiger partial charge in [0.15, 0.2) is 0 Å². The van der Waals surface area contributed by atoms with Crippen LogP contribution in [0.4, 0.5) is 0 Å². The third-order valence-electron chi connectivity index (χ3n) is 9.45. The lowest BCUT2D eigenvalue weighted by molar-refractivity contribution is 0.0558. The van der Waals surface area contributed by atoms with Gasteiger partial charge in [-0.05, 0) is 46.5 Å². The SMILES string of the molecule is COC(=O)c1c(C(=O)OC)c(-c2ccccc2)n(-c2ccc(-n3c(-c4ccccc4)c(C(=O)OC)c(C(=O)OC)c3-c3ccccc3)cc2)c1-c1ccccc1. The summed E-state index contributed by atoms with van der Waals surface area (Å²) in [5.74, 6) is -2.85. The molecule has 7 rings (SSSR count). The van der Waals surface area contributed by atoms with Gasteiger partial charge in [-0.3, -0.25) is 0 Å². The molecule has 0 aliphatic carbocycles. The van der Waals surface area contributed by atoms with Gasteiger partial charge in [-0.15, -0.1) is 0 Å². The van der Waals surface area contributed by atoms with E-state index in [4.69, 9.17) is 18.9 Å². The van der Waals surface area contributed by atoms with Gasteiger partial charge in [-0.1, -0.05) is 121 Å². The molecule has 0 amide bonds. The number of benzene rings is 5.